The summed E-state index contributed by atoms with van der Waals surface area (Å²) < 4.78 is 1.95. The maximum Gasteiger partial charge on any atom is 0.241 e. The summed E-state index contributed by atoms with van der Waals surface area (Å²) in [6.07, 6.45) is 9.45. The van der Waals surface area contributed by atoms with E-state index in [0.29, 0.717) is 12.0 Å². The minimum atomic E-state index is -0.0876. The van der Waals surface area contributed by atoms with Crippen molar-refractivity contribution >= 4 is 47.4 Å². The predicted octanol–water partition coefficient (Wildman–Crippen LogP) is 4.12. The van der Waals surface area contributed by atoms with Crippen LogP contribution in [0.1, 0.15) is 32.1 Å². The number of rotatable bonds is 3. The minimum absolute atomic E-state index is 0. The van der Waals surface area contributed by atoms with Crippen molar-refractivity contribution < 1.29 is 4.79 Å². The van der Waals surface area contributed by atoms with Crippen molar-refractivity contribution in [2.75, 3.05) is 5.32 Å². The molecule has 5 rings (SSSR count). The molecule has 154 valence electrons. The van der Waals surface area contributed by atoms with Crippen LogP contribution in [-0.4, -0.2) is 32.5 Å². The molecule has 2 fully saturated rings. The molecule has 1 saturated carbocycles. The van der Waals surface area contributed by atoms with Crippen molar-refractivity contribution in [1.29, 1.82) is 0 Å². The van der Waals surface area contributed by atoms with E-state index < -0.39 is 0 Å². The Labute approximate surface area is 182 Å². The second-order valence-corrected chi connectivity index (χ2v) is 7.60. The molecule has 0 radical (unpaired) electrons. The van der Waals surface area contributed by atoms with Gasteiger partial charge in [-0.05, 0) is 49.4 Å². The number of nitrogens with one attached hydrogen (secondary N) is 2. The van der Waals surface area contributed by atoms with Gasteiger partial charge in [0.1, 0.15) is 12.1 Å². The monoisotopic (exact) mass is 433 g/mol. The average molecular weight is 434 g/mol. The van der Waals surface area contributed by atoms with Crippen LogP contribution in [0.5, 0.6) is 0 Å². The highest BCUT2D eigenvalue weighted by molar-refractivity contribution is 5.95. The molecule has 8 heteroatoms. The number of aromatic nitrogens is 3. The maximum atomic E-state index is 12.6. The van der Waals surface area contributed by atoms with E-state index in [0.717, 1.165) is 29.0 Å². The number of benzene rings is 1. The zero-order valence-electron chi connectivity index (χ0n) is 16.0. The highest BCUT2D eigenvalue weighted by Crippen LogP contribution is 2.33. The van der Waals surface area contributed by atoms with Crippen molar-refractivity contribution in [2.45, 2.75) is 44.2 Å². The number of hydrogen-bond donors (Lipinski definition) is 2. The zero-order valence-corrected chi connectivity index (χ0v) is 17.6. The van der Waals surface area contributed by atoms with Gasteiger partial charge in [-0.3, -0.25) is 9.36 Å². The Kier molecular flexibility index (Phi) is 6.77. The van der Waals surface area contributed by atoms with Gasteiger partial charge in [0.15, 0.2) is 0 Å². The van der Waals surface area contributed by atoms with Crippen LogP contribution in [0.2, 0.25) is 0 Å². The van der Waals surface area contributed by atoms with Crippen LogP contribution in [-0.2, 0) is 4.79 Å². The Morgan fingerprint density at radius 1 is 1.07 bits per heavy atom. The SMILES string of the molecule is Cl.Cl.O=C(Nc1ccc(-n2cnc3ccccc32)nc1)C1CC2CCCCC2N1. The number of carbonyl (C=O) groups is 1. The number of para-hydroxylation sites is 2. The summed E-state index contributed by atoms with van der Waals surface area (Å²) in [6.45, 7) is 0. The van der Waals surface area contributed by atoms with Gasteiger partial charge < -0.3 is 10.6 Å². The molecule has 1 aliphatic carbocycles. The van der Waals surface area contributed by atoms with Gasteiger partial charge in [0.2, 0.25) is 5.91 Å². The highest BCUT2D eigenvalue weighted by atomic mass is 35.5. The van der Waals surface area contributed by atoms with Crippen LogP contribution in [0.3, 0.4) is 0 Å². The number of halogens is 2. The maximum absolute atomic E-state index is 12.6. The minimum Gasteiger partial charge on any atom is -0.323 e. The molecular weight excluding hydrogens is 409 g/mol. The Morgan fingerprint density at radius 3 is 2.69 bits per heavy atom. The van der Waals surface area contributed by atoms with Crippen LogP contribution < -0.4 is 10.6 Å². The first kappa shape index (κ1) is 21.6. The van der Waals surface area contributed by atoms with Crippen LogP contribution in [0.25, 0.3) is 16.9 Å². The van der Waals surface area contributed by atoms with E-state index in [4.69, 9.17) is 0 Å². The van der Waals surface area contributed by atoms with E-state index in [1.165, 1.54) is 25.7 Å². The third-order valence-corrected chi connectivity index (χ3v) is 5.90. The number of carbonyl (C=O) groups excluding carboxylic acids is 1. The van der Waals surface area contributed by atoms with E-state index in [-0.39, 0.29) is 36.8 Å². The molecule has 1 aliphatic heterocycles. The normalized spacial score (nSPS) is 23.0. The summed E-state index contributed by atoms with van der Waals surface area (Å²) >= 11 is 0. The van der Waals surface area contributed by atoms with Gasteiger partial charge in [-0.1, -0.05) is 25.0 Å². The molecule has 6 nitrogen and oxygen atoms in total. The third-order valence-electron chi connectivity index (χ3n) is 5.90. The molecule has 3 unspecified atom stereocenters. The first-order valence-electron chi connectivity index (χ1n) is 9.73. The Bertz CT molecular complexity index is 961. The van der Waals surface area contributed by atoms with Crippen molar-refractivity contribution in [3.63, 3.8) is 0 Å². The van der Waals surface area contributed by atoms with Gasteiger partial charge in [0.05, 0.1) is 29.0 Å². The number of fused-ring (bicyclic) bond motifs is 2. The van der Waals surface area contributed by atoms with Crippen molar-refractivity contribution in [1.82, 2.24) is 19.9 Å². The lowest BCUT2D eigenvalue weighted by Gasteiger charge is -2.24. The molecule has 3 atom stereocenters. The van der Waals surface area contributed by atoms with Gasteiger partial charge in [0.25, 0.3) is 0 Å². The molecular formula is C21H25Cl2N5O. The first-order valence-corrected chi connectivity index (χ1v) is 9.73. The van der Waals surface area contributed by atoms with Crippen LogP contribution in [0.15, 0.2) is 48.9 Å². The summed E-state index contributed by atoms with van der Waals surface area (Å²) in [4.78, 5) is 21.5. The van der Waals surface area contributed by atoms with E-state index in [2.05, 4.69) is 20.6 Å². The molecule has 0 bridgehead atoms. The number of pyridine rings is 1. The van der Waals surface area contributed by atoms with Gasteiger partial charge >= 0.3 is 0 Å². The van der Waals surface area contributed by atoms with Crippen LogP contribution in [0.4, 0.5) is 5.69 Å². The third kappa shape index (κ3) is 4.25. The topological polar surface area (TPSA) is 71.8 Å². The Hall–Kier alpha value is -2.15. The molecule has 2 aromatic heterocycles. The van der Waals surface area contributed by atoms with Crippen molar-refractivity contribution in [2.24, 2.45) is 5.92 Å². The van der Waals surface area contributed by atoms with E-state index in [1.807, 2.05) is 41.0 Å². The van der Waals surface area contributed by atoms with Crippen molar-refractivity contribution in [3.8, 4) is 5.82 Å². The average Bonchev–Trinajstić information content (AvgIpc) is 3.33. The molecule has 3 heterocycles. The van der Waals surface area contributed by atoms with E-state index >= 15 is 0 Å². The largest absolute Gasteiger partial charge is 0.323 e. The molecule has 1 aromatic carbocycles. The van der Waals surface area contributed by atoms with E-state index in [1.54, 1.807) is 12.5 Å². The number of amides is 1. The Balaban J connectivity index is 0.00000120. The highest BCUT2D eigenvalue weighted by Gasteiger charge is 2.38. The second kappa shape index (κ2) is 9.11. The molecule has 3 aromatic rings. The first-order chi connectivity index (χ1) is 13.3. The summed E-state index contributed by atoms with van der Waals surface area (Å²) in [5.41, 5.74) is 2.68. The van der Waals surface area contributed by atoms with Gasteiger partial charge in [-0.2, -0.15) is 0 Å². The van der Waals surface area contributed by atoms with Gasteiger partial charge in [0, 0.05) is 6.04 Å². The van der Waals surface area contributed by atoms with Gasteiger partial charge in [-0.15, -0.1) is 24.8 Å². The number of hydrogen-bond acceptors (Lipinski definition) is 4. The van der Waals surface area contributed by atoms with Crippen LogP contribution >= 0.6 is 24.8 Å². The summed E-state index contributed by atoms with van der Waals surface area (Å²) in [7, 11) is 0. The summed E-state index contributed by atoms with van der Waals surface area (Å²) in [5, 5.41) is 6.54. The number of imidazole rings is 1. The molecule has 29 heavy (non-hydrogen) atoms. The quantitative estimate of drug-likeness (QED) is 0.651. The molecule has 1 saturated heterocycles. The fourth-order valence-electron chi connectivity index (χ4n) is 4.49. The zero-order chi connectivity index (χ0) is 18.2. The lowest BCUT2D eigenvalue weighted by molar-refractivity contribution is -0.117. The second-order valence-electron chi connectivity index (χ2n) is 7.60. The standard InChI is InChI=1S/C21H23N5O.2ClH/c27-21(18-11-14-5-1-2-6-16(14)25-18)24-15-9-10-20(22-12-15)26-13-23-17-7-3-4-8-19(17)26;;/h3-4,7-10,12-14,16,18,25H,1-2,5-6,11H2,(H,24,27);2*1H. The lowest BCUT2D eigenvalue weighted by atomic mass is 9.85. The number of nitrogens with zero attached hydrogens (tertiary/aromatic N) is 3. The molecule has 1 amide bonds. The van der Waals surface area contributed by atoms with E-state index in [9.17, 15) is 4.79 Å². The molecule has 0 spiro atoms. The molecule has 2 N–H and O–H groups in total. The lowest BCUT2D eigenvalue weighted by Crippen LogP contribution is -2.39. The predicted molar refractivity (Wildman–Crippen MR) is 119 cm³/mol. The number of anilines is 1. The fraction of sp³-hybridized carbons (Fsp3) is 0.381. The van der Waals surface area contributed by atoms with Crippen molar-refractivity contribution in [3.05, 3.63) is 48.9 Å². The Morgan fingerprint density at radius 2 is 1.90 bits per heavy atom. The van der Waals surface area contributed by atoms with Crippen LogP contribution in [0, 0.1) is 5.92 Å². The summed E-state index contributed by atoms with van der Waals surface area (Å²) in [6, 6.07) is 12.2. The fourth-order valence-corrected chi connectivity index (χ4v) is 4.49. The smallest absolute Gasteiger partial charge is 0.241 e. The summed E-state index contributed by atoms with van der Waals surface area (Å²) in [5.74, 6) is 1.49. The molecule has 2 aliphatic rings. The van der Waals surface area contributed by atoms with Gasteiger partial charge in [-0.25, -0.2) is 9.97 Å².